The van der Waals surface area contributed by atoms with E-state index in [4.69, 9.17) is 9.47 Å². The van der Waals surface area contributed by atoms with Crippen molar-refractivity contribution in [3.63, 3.8) is 0 Å². The van der Waals surface area contributed by atoms with Gasteiger partial charge in [0.15, 0.2) is 11.5 Å². The Balaban J connectivity index is 1.78. The molecule has 28 heavy (non-hydrogen) atoms. The van der Waals surface area contributed by atoms with E-state index in [-0.39, 0.29) is 36.2 Å². The van der Waals surface area contributed by atoms with Gasteiger partial charge in [-0.3, -0.25) is 4.79 Å². The fourth-order valence-corrected chi connectivity index (χ4v) is 4.05. The van der Waals surface area contributed by atoms with Gasteiger partial charge in [-0.15, -0.1) is 0 Å². The zero-order valence-electron chi connectivity index (χ0n) is 16.9. The maximum absolute atomic E-state index is 12.7. The lowest BCUT2D eigenvalue weighted by Gasteiger charge is -2.32. The zero-order chi connectivity index (χ0) is 20.1. The number of ether oxygens (including phenoxy) is 2. The van der Waals surface area contributed by atoms with Crippen LogP contribution in [0.1, 0.15) is 51.2 Å². The van der Waals surface area contributed by atoms with Gasteiger partial charge in [0.05, 0.1) is 6.10 Å². The minimum atomic E-state index is -0.785. The quantitative estimate of drug-likeness (QED) is 0.700. The Labute approximate surface area is 166 Å². The maximum Gasteiger partial charge on any atom is 0.161 e. The molecule has 2 aliphatic heterocycles. The molecule has 0 aliphatic carbocycles. The largest absolute Gasteiger partial charge is 0.486 e. The summed E-state index contributed by atoms with van der Waals surface area (Å²) in [7, 11) is 0. The Bertz CT molecular complexity index is 698. The van der Waals surface area contributed by atoms with Crippen LogP contribution in [0.2, 0.25) is 0 Å². The summed E-state index contributed by atoms with van der Waals surface area (Å²) in [6, 6.07) is 5.49. The number of hydrogen-bond donors (Lipinski definition) is 1. The summed E-state index contributed by atoms with van der Waals surface area (Å²) in [5.41, 5.74) is 0.736. The molecule has 0 aromatic heterocycles. The molecule has 6 nitrogen and oxygen atoms in total. The molecule has 1 N–H and O–H groups in total. The van der Waals surface area contributed by atoms with Crippen LogP contribution >= 0.6 is 0 Å². The van der Waals surface area contributed by atoms with Crippen molar-refractivity contribution in [3.8, 4) is 11.5 Å². The van der Waals surface area contributed by atoms with Crippen LogP contribution in [0, 0.1) is 11.8 Å². The van der Waals surface area contributed by atoms with Crippen LogP contribution in [0.5, 0.6) is 11.5 Å². The van der Waals surface area contributed by atoms with E-state index < -0.39 is 6.10 Å². The van der Waals surface area contributed by atoms with Gasteiger partial charge in [-0.05, 0) is 50.6 Å². The number of likely N-dealkylation sites (tertiary alicyclic amines) is 1. The van der Waals surface area contributed by atoms with Gasteiger partial charge < -0.3 is 24.3 Å². The lowest BCUT2D eigenvalue weighted by Crippen LogP contribution is -2.37. The number of carbonyl (C=O) groups excluding carboxylic acids is 2. The van der Waals surface area contributed by atoms with Crippen LogP contribution in [0.25, 0.3) is 0 Å². The van der Waals surface area contributed by atoms with E-state index in [1.807, 2.05) is 25.1 Å². The summed E-state index contributed by atoms with van der Waals surface area (Å²) in [4.78, 5) is 26.3. The zero-order valence-corrected chi connectivity index (χ0v) is 16.9. The van der Waals surface area contributed by atoms with Crippen molar-refractivity contribution in [1.29, 1.82) is 0 Å². The molecule has 2 heterocycles. The molecule has 0 saturated carbocycles. The molecule has 3 atom stereocenters. The van der Waals surface area contributed by atoms with E-state index >= 15 is 0 Å². The van der Waals surface area contributed by atoms with Gasteiger partial charge in [0.25, 0.3) is 0 Å². The van der Waals surface area contributed by atoms with Gasteiger partial charge in [-0.25, -0.2) is 0 Å². The molecule has 0 radical (unpaired) electrons. The molecule has 1 aromatic rings. The smallest absolute Gasteiger partial charge is 0.161 e. The van der Waals surface area contributed by atoms with Gasteiger partial charge in [0, 0.05) is 31.2 Å². The number of Topliss-reactive ketones (excluding diaryl/α,β-unsaturated/α-hetero) is 2. The molecule has 0 amide bonds. The summed E-state index contributed by atoms with van der Waals surface area (Å²) in [5.74, 6) is 0.811. The fourth-order valence-electron chi connectivity index (χ4n) is 4.05. The highest BCUT2D eigenvalue weighted by Gasteiger charge is 2.33. The van der Waals surface area contributed by atoms with E-state index in [2.05, 4.69) is 4.90 Å². The highest BCUT2D eigenvalue weighted by atomic mass is 16.6. The number of ketones is 2. The summed E-state index contributed by atoms with van der Waals surface area (Å²) in [6.45, 7) is 7.06. The second kappa shape index (κ2) is 9.52. The van der Waals surface area contributed by atoms with E-state index in [0.717, 1.165) is 31.5 Å². The van der Waals surface area contributed by atoms with E-state index in [0.29, 0.717) is 31.3 Å². The molecule has 6 heteroatoms. The number of carbonyl (C=O) groups is 2. The Hall–Kier alpha value is -1.92. The number of aliphatic hydroxyl groups is 1. The Kier molecular flexibility index (Phi) is 7.08. The first-order valence-corrected chi connectivity index (χ1v) is 10.3. The van der Waals surface area contributed by atoms with Gasteiger partial charge in [-0.1, -0.05) is 13.0 Å². The molecule has 2 aliphatic rings. The third-order valence-electron chi connectivity index (χ3n) is 5.85. The first kappa shape index (κ1) is 20.8. The van der Waals surface area contributed by atoms with Crippen LogP contribution in [0.4, 0.5) is 0 Å². The van der Waals surface area contributed by atoms with Gasteiger partial charge >= 0.3 is 0 Å². The topological polar surface area (TPSA) is 76.1 Å². The molecule has 3 rings (SSSR count). The standard InChI is InChI=1S/C22H31NO5/c1-15(24)5-7-19(25)16(2)18(14-23-9-3-4-10-23)22(26)17-6-8-20-21(13-17)28-12-11-27-20/h6,8,13,16,18,22,26H,3-5,7,9-12,14H2,1-2H3. The maximum atomic E-state index is 12.7. The van der Waals surface area contributed by atoms with E-state index in [9.17, 15) is 14.7 Å². The van der Waals surface area contributed by atoms with Gasteiger partial charge in [0.2, 0.25) is 0 Å². The van der Waals surface area contributed by atoms with E-state index in [1.54, 1.807) is 0 Å². The van der Waals surface area contributed by atoms with Crippen molar-refractivity contribution in [1.82, 2.24) is 4.90 Å². The number of hydrogen-bond acceptors (Lipinski definition) is 6. The number of benzene rings is 1. The van der Waals surface area contributed by atoms with Crippen molar-refractivity contribution in [2.75, 3.05) is 32.8 Å². The highest BCUT2D eigenvalue weighted by Crippen LogP contribution is 2.37. The Morgan fingerprint density at radius 1 is 1.11 bits per heavy atom. The average Bonchev–Trinajstić information content (AvgIpc) is 3.22. The molecule has 154 valence electrons. The SMILES string of the molecule is CC(=O)CCC(=O)C(C)C(CN1CCCC1)C(O)c1ccc2c(c1)OCCO2. The molecule has 3 unspecified atom stereocenters. The molecule has 1 fully saturated rings. The number of rotatable bonds is 9. The summed E-state index contributed by atoms with van der Waals surface area (Å²) < 4.78 is 11.2. The third-order valence-corrected chi connectivity index (χ3v) is 5.85. The van der Waals surface area contributed by atoms with Gasteiger partial charge in [0.1, 0.15) is 24.8 Å². The lowest BCUT2D eigenvalue weighted by atomic mass is 9.81. The van der Waals surface area contributed by atoms with Crippen LogP contribution in [0.15, 0.2) is 18.2 Å². The van der Waals surface area contributed by atoms with Crippen molar-refractivity contribution in [2.45, 2.75) is 45.6 Å². The molecule has 1 saturated heterocycles. The van der Waals surface area contributed by atoms with Crippen LogP contribution < -0.4 is 9.47 Å². The Morgan fingerprint density at radius 3 is 2.46 bits per heavy atom. The number of nitrogens with zero attached hydrogens (tertiary/aromatic N) is 1. The van der Waals surface area contributed by atoms with Crippen LogP contribution in [0.3, 0.4) is 0 Å². The average molecular weight is 389 g/mol. The Morgan fingerprint density at radius 2 is 1.79 bits per heavy atom. The number of aliphatic hydroxyl groups excluding tert-OH is 1. The predicted octanol–water partition coefficient (Wildman–Crippen LogP) is 2.78. The first-order valence-electron chi connectivity index (χ1n) is 10.3. The molecular formula is C22H31NO5. The van der Waals surface area contributed by atoms with Crippen molar-refractivity contribution in [2.24, 2.45) is 11.8 Å². The summed E-state index contributed by atoms with van der Waals surface area (Å²) >= 11 is 0. The lowest BCUT2D eigenvalue weighted by molar-refractivity contribution is -0.128. The van der Waals surface area contributed by atoms with Gasteiger partial charge in [-0.2, -0.15) is 0 Å². The minimum absolute atomic E-state index is 0.0176. The highest BCUT2D eigenvalue weighted by molar-refractivity contribution is 5.86. The first-order chi connectivity index (χ1) is 13.5. The molecule has 1 aromatic carbocycles. The summed E-state index contributed by atoms with van der Waals surface area (Å²) in [5, 5.41) is 11.2. The molecule has 0 spiro atoms. The third kappa shape index (κ3) is 5.11. The van der Waals surface area contributed by atoms with E-state index in [1.165, 1.54) is 6.92 Å². The molecule has 0 bridgehead atoms. The normalized spacial score (nSPS) is 19.8. The minimum Gasteiger partial charge on any atom is -0.486 e. The van der Waals surface area contributed by atoms with Crippen LogP contribution in [-0.4, -0.2) is 54.4 Å². The second-order valence-corrected chi connectivity index (χ2v) is 7.98. The summed E-state index contributed by atoms with van der Waals surface area (Å²) in [6.07, 6.45) is 2.02. The number of fused-ring (bicyclic) bond motifs is 1. The van der Waals surface area contributed by atoms with Crippen LogP contribution in [-0.2, 0) is 9.59 Å². The molecular weight excluding hydrogens is 358 g/mol. The monoisotopic (exact) mass is 389 g/mol. The fraction of sp³-hybridized carbons (Fsp3) is 0.636. The van der Waals surface area contributed by atoms with Crippen molar-refractivity contribution >= 4 is 11.6 Å². The van der Waals surface area contributed by atoms with Crippen molar-refractivity contribution < 1.29 is 24.2 Å². The predicted molar refractivity (Wildman–Crippen MR) is 106 cm³/mol. The second-order valence-electron chi connectivity index (χ2n) is 7.98. The van der Waals surface area contributed by atoms with Crippen molar-refractivity contribution in [3.05, 3.63) is 23.8 Å².